The summed E-state index contributed by atoms with van der Waals surface area (Å²) in [5.41, 5.74) is 9.52. The number of rotatable bonds is 3. The van der Waals surface area contributed by atoms with E-state index < -0.39 is 5.92 Å². The van der Waals surface area contributed by atoms with Crippen LogP contribution in [0, 0.1) is 11.3 Å². The van der Waals surface area contributed by atoms with E-state index >= 15 is 0 Å². The number of Topliss-reactive ketones (excluding diaryl/α,β-unsaturated/α-hetero) is 1. The van der Waals surface area contributed by atoms with Crippen LogP contribution in [0.25, 0.3) is 0 Å². The molecule has 6 heteroatoms. The van der Waals surface area contributed by atoms with Crippen LogP contribution in [0.4, 0.5) is 5.69 Å². The molecule has 0 saturated carbocycles. The quantitative estimate of drug-likeness (QED) is 0.705. The Bertz CT molecular complexity index is 1130. The van der Waals surface area contributed by atoms with E-state index in [1.807, 2.05) is 29.2 Å². The molecular formula is C25H27N3O2S. The standard InChI is InChI=1S/C25H27N3O2S/c1-25(2,3)21-13-12-20(31-21)22-17(14-26)24(27)28(15-8-10-16(30-4)11-9-15)18-6-5-7-19(29)23(18)22/h8-13,22H,5-7,27H2,1-4H3. The zero-order chi connectivity index (χ0) is 22.3. The fourth-order valence-corrected chi connectivity index (χ4v) is 5.49. The Hall–Kier alpha value is -3.04. The van der Waals surface area contributed by atoms with Crippen molar-refractivity contribution in [2.75, 3.05) is 12.0 Å². The molecule has 0 spiro atoms. The number of methoxy groups -OCH3 is 1. The number of carbonyl (C=O) groups is 1. The van der Waals surface area contributed by atoms with Crippen molar-refractivity contribution in [2.24, 2.45) is 5.73 Å². The van der Waals surface area contributed by atoms with Gasteiger partial charge >= 0.3 is 0 Å². The van der Waals surface area contributed by atoms with Crippen LogP contribution in [0.1, 0.15) is 55.7 Å². The Morgan fingerprint density at radius 2 is 1.87 bits per heavy atom. The van der Waals surface area contributed by atoms with E-state index in [0.29, 0.717) is 17.8 Å². The lowest BCUT2D eigenvalue weighted by molar-refractivity contribution is -0.116. The normalized spacial score (nSPS) is 19.4. The van der Waals surface area contributed by atoms with Crippen molar-refractivity contribution in [1.29, 1.82) is 5.26 Å². The summed E-state index contributed by atoms with van der Waals surface area (Å²) < 4.78 is 5.28. The molecule has 2 heterocycles. The van der Waals surface area contributed by atoms with Crippen LogP contribution in [-0.4, -0.2) is 12.9 Å². The van der Waals surface area contributed by atoms with Gasteiger partial charge in [0.2, 0.25) is 0 Å². The Morgan fingerprint density at radius 1 is 1.16 bits per heavy atom. The third kappa shape index (κ3) is 3.64. The maximum absolute atomic E-state index is 13.2. The molecule has 31 heavy (non-hydrogen) atoms. The van der Waals surface area contributed by atoms with E-state index in [1.54, 1.807) is 18.4 Å². The zero-order valence-corrected chi connectivity index (χ0v) is 19.2. The van der Waals surface area contributed by atoms with Gasteiger partial charge in [-0.05, 0) is 54.7 Å². The van der Waals surface area contributed by atoms with Gasteiger partial charge in [0.1, 0.15) is 11.6 Å². The van der Waals surface area contributed by atoms with Crippen LogP contribution in [0.15, 0.2) is 59.1 Å². The van der Waals surface area contributed by atoms with Crippen LogP contribution < -0.4 is 15.4 Å². The van der Waals surface area contributed by atoms with Gasteiger partial charge in [0, 0.05) is 33.1 Å². The number of ketones is 1. The molecule has 1 aliphatic heterocycles. The molecule has 1 unspecified atom stereocenters. The molecule has 2 aromatic rings. The summed E-state index contributed by atoms with van der Waals surface area (Å²) >= 11 is 1.66. The van der Waals surface area contributed by atoms with Crippen molar-refractivity contribution in [2.45, 2.75) is 51.4 Å². The Morgan fingerprint density at radius 3 is 2.45 bits per heavy atom. The van der Waals surface area contributed by atoms with Gasteiger partial charge < -0.3 is 10.5 Å². The summed E-state index contributed by atoms with van der Waals surface area (Å²) in [7, 11) is 1.62. The molecule has 0 bridgehead atoms. The molecule has 2 N–H and O–H groups in total. The molecule has 0 amide bonds. The summed E-state index contributed by atoms with van der Waals surface area (Å²) in [5.74, 6) is 0.847. The first-order chi connectivity index (χ1) is 14.8. The van der Waals surface area contributed by atoms with Gasteiger partial charge in [-0.15, -0.1) is 11.3 Å². The molecule has 1 aromatic carbocycles. The van der Waals surface area contributed by atoms with Gasteiger partial charge in [-0.2, -0.15) is 5.26 Å². The highest BCUT2D eigenvalue weighted by Crippen LogP contribution is 2.48. The average molecular weight is 434 g/mol. The van der Waals surface area contributed by atoms with Gasteiger partial charge in [0.05, 0.1) is 24.7 Å². The first-order valence-electron chi connectivity index (χ1n) is 10.5. The molecule has 0 radical (unpaired) electrons. The fraction of sp³-hybridized carbons (Fsp3) is 0.360. The van der Waals surface area contributed by atoms with Crippen LogP contribution >= 0.6 is 11.3 Å². The second-order valence-electron chi connectivity index (χ2n) is 8.97. The van der Waals surface area contributed by atoms with Crippen molar-refractivity contribution < 1.29 is 9.53 Å². The number of nitrogens with zero attached hydrogens (tertiary/aromatic N) is 2. The second kappa shape index (κ2) is 7.90. The van der Waals surface area contributed by atoms with Crippen LogP contribution in [-0.2, 0) is 10.2 Å². The first kappa shape index (κ1) is 21.2. The highest BCUT2D eigenvalue weighted by Gasteiger charge is 2.41. The average Bonchev–Trinajstić information content (AvgIpc) is 3.24. The number of allylic oxidation sites excluding steroid dienone is 3. The Labute approximate surface area is 187 Å². The predicted molar refractivity (Wildman–Crippen MR) is 124 cm³/mol. The third-order valence-corrected chi connectivity index (χ3v) is 7.47. The van der Waals surface area contributed by atoms with Crippen molar-refractivity contribution in [3.63, 3.8) is 0 Å². The molecule has 2 aliphatic rings. The van der Waals surface area contributed by atoms with Gasteiger partial charge in [0.25, 0.3) is 0 Å². The van der Waals surface area contributed by atoms with Crippen LogP contribution in [0.3, 0.4) is 0 Å². The molecule has 0 fully saturated rings. The smallest absolute Gasteiger partial charge is 0.161 e. The SMILES string of the molecule is COc1ccc(N2C(N)=C(C#N)C(c3ccc(C(C)(C)C)s3)C3=C2CCCC3=O)cc1. The molecule has 160 valence electrons. The molecule has 5 nitrogen and oxygen atoms in total. The minimum atomic E-state index is -0.400. The van der Waals surface area contributed by atoms with E-state index in [0.717, 1.165) is 40.4 Å². The first-order valence-corrected chi connectivity index (χ1v) is 11.3. The van der Waals surface area contributed by atoms with E-state index in [4.69, 9.17) is 10.5 Å². The minimum Gasteiger partial charge on any atom is -0.497 e. The number of ether oxygens (including phenoxy) is 1. The maximum Gasteiger partial charge on any atom is 0.161 e. The summed E-state index contributed by atoms with van der Waals surface area (Å²) in [6.07, 6.45) is 2.03. The predicted octanol–water partition coefficient (Wildman–Crippen LogP) is 5.36. The lowest BCUT2D eigenvalue weighted by Crippen LogP contribution is -2.38. The summed E-state index contributed by atoms with van der Waals surface area (Å²) in [4.78, 5) is 17.3. The van der Waals surface area contributed by atoms with E-state index in [-0.39, 0.29) is 11.2 Å². The number of benzene rings is 1. The molecule has 4 rings (SSSR count). The molecule has 1 atom stereocenters. The van der Waals surface area contributed by atoms with E-state index in [2.05, 4.69) is 39.0 Å². The maximum atomic E-state index is 13.2. The fourth-order valence-electron chi connectivity index (χ4n) is 4.31. The topological polar surface area (TPSA) is 79.3 Å². The largest absolute Gasteiger partial charge is 0.497 e. The molecule has 1 aromatic heterocycles. The highest BCUT2D eigenvalue weighted by atomic mass is 32.1. The molecule has 1 aliphatic carbocycles. The summed E-state index contributed by atoms with van der Waals surface area (Å²) in [6, 6.07) is 14.0. The lowest BCUT2D eigenvalue weighted by atomic mass is 9.78. The van der Waals surface area contributed by atoms with Crippen LogP contribution in [0.2, 0.25) is 0 Å². The zero-order valence-electron chi connectivity index (χ0n) is 18.4. The Balaban J connectivity index is 1.90. The minimum absolute atomic E-state index is 0.00254. The van der Waals surface area contributed by atoms with Crippen molar-refractivity contribution in [3.05, 3.63) is 68.8 Å². The number of nitrogens with two attached hydrogens (primary N) is 1. The Kier molecular flexibility index (Phi) is 5.40. The molecule has 0 saturated heterocycles. The number of hydrogen-bond acceptors (Lipinski definition) is 6. The third-order valence-electron chi connectivity index (χ3n) is 5.89. The van der Waals surface area contributed by atoms with Gasteiger partial charge in [-0.3, -0.25) is 9.69 Å². The summed E-state index contributed by atoms with van der Waals surface area (Å²) in [6.45, 7) is 6.50. The lowest BCUT2D eigenvalue weighted by Gasteiger charge is -2.39. The second-order valence-corrected chi connectivity index (χ2v) is 10.1. The highest BCUT2D eigenvalue weighted by molar-refractivity contribution is 7.12. The number of thiophene rings is 1. The van der Waals surface area contributed by atoms with Crippen LogP contribution in [0.5, 0.6) is 5.75 Å². The van der Waals surface area contributed by atoms with Gasteiger partial charge in [-0.1, -0.05) is 20.8 Å². The number of nitriles is 1. The molecular weight excluding hydrogens is 406 g/mol. The monoisotopic (exact) mass is 433 g/mol. The van der Waals surface area contributed by atoms with E-state index in [1.165, 1.54) is 4.88 Å². The van der Waals surface area contributed by atoms with Gasteiger partial charge in [0.15, 0.2) is 5.78 Å². The van der Waals surface area contributed by atoms with Crippen molar-refractivity contribution in [1.82, 2.24) is 0 Å². The van der Waals surface area contributed by atoms with Gasteiger partial charge in [-0.25, -0.2) is 0 Å². The number of anilines is 1. The van der Waals surface area contributed by atoms with E-state index in [9.17, 15) is 10.1 Å². The number of carbonyl (C=O) groups excluding carboxylic acids is 1. The van der Waals surface area contributed by atoms with Crippen molar-refractivity contribution >= 4 is 22.8 Å². The summed E-state index contributed by atoms with van der Waals surface area (Å²) in [5, 5.41) is 10.1. The number of hydrogen-bond donors (Lipinski definition) is 1. The van der Waals surface area contributed by atoms with Crippen molar-refractivity contribution in [3.8, 4) is 11.8 Å².